The molecule has 0 bridgehead atoms. The quantitative estimate of drug-likeness (QED) is 0.902. The Morgan fingerprint density at radius 2 is 1.79 bits per heavy atom. The lowest BCUT2D eigenvalue weighted by Gasteiger charge is -2.20. The van der Waals surface area contributed by atoms with Crippen LogP contribution in [0.4, 0.5) is 5.69 Å². The molecule has 7 heteroatoms. The highest BCUT2D eigenvalue weighted by molar-refractivity contribution is 7.89. The lowest BCUT2D eigenvalue weighted by atomic mass is 10.2. The Morgan fingerprint density at radius 1 is 1.04 bits per heavy atom. The molecule has 24 heavy (non-hydrogen) atoms. The van der Waals surface area contributed by atoms with Crippen molar-refractivity contribution in [3.05, 3.63) is 46.7 Å². The van der Waals surface area contributed by atoms with E-state index in [9.17, 15) is 13.2 Å². The lowest BCUT2D eigenvalue weighted by Crippen LogP contribution is -2.32. The number of hydrogen-bond acceptors (Lipinski definition) is 4. The molecule has 1 aliphatic rings. The first-order chi connectivity index (χ1) is 11.6. The first kappa shape index (κ1) is 17.1. The number of nitrogens with zero attached hydrogens (tertiary/aromatic N) is 1. The Balaban J connectivity index is 1.80. The summed E-state index contributed by atoms with van der Waals surface area (Å²) in [7, 11) is -3.51. The van der Waals surface area contributed by atoms with Crippen LogP contribution in [0.15, 0.2) is 46.7 Å². The molecule has 128 valence electrons. The van der Waals surface area contributed by atoms with Crippen molar-refractivity contribution in [3.63, 3.8) is 0 Å². The maximum absolute atomic E-state index is 12.8. The summed E-state index contributed by atoms with van der Waals surface area (Å²) in [5, 5.41) is 4.59. The van der Waals surface area contributed by atoms with Gasteiger partial charge in [0.25, 0.3) is 5.91 Å². The van der Waals surface area contributed by atoms with E-state index in [1.807, 2.05) is 5.38 Å². The van der Waals surface area contributed by atoms with Gasteiger partial charge in [-0.15, -0.1) is 11.3 Å². The molecule has 1 N–H and O–H groups in total. The number of hydrogen-bond donors (Lipinski definition) is 1. The molecule has 0 atom stereocenters. The maximum atomic E-state index is 12.8. The van der Waals surface area contributed by atoms with Crippen molar-refractivity contribution < 1.29 is 13.2 Å². The van der Waals surface area contributed by atoms with E-state index in [0.29, 0.717) is 23.7 Å². The topological polar surface area (TPSA) is 66.5 Å². The normalized spacial score (nSPS) is 16.5. The van der Waals surface area contributed by atoms with Crippen LogP contribution in [0, 0.1) is 0 Å². The van der Waals surface area contributed by atoms with E-state index in [2.05, 4.69) is 5.32 Å². The summed E-state index contributed by atoms with van der Waals surface area (Å²) in [5.41, 5.74) is 0.490. The molecule has 2 aromatic rings. The van der Waals surface area contributed by atoms with E-state index in [4.69, 9.17) is 0 Å². The largest absolute Gasteiger partial charge is 0.321 e. The second-order valence-corrected chi connectivity index (χ2v) is 8.66. The smallest absolute Gasteiger partial charge is 0.265 e. The number of nitrogens with one attached hydrogen (secondary N) is 1. The van der Waals surface area contributed by atoms with Gasteiger partial charge >= 0.3 is 0 Å². The zero-order chi connectivity index (χ0) is 17.0. The van der Waals surface area contributed by atoms with Crippen LogP contribution in [0.2, 0.25) is 0 Å². The minimum atomic E-state index is -3.51. The molecule has 0 aliphatic carbocycles. The highest BCUT2D eigenvalue weighted by Gasteiger charge is 2.25. The molecule has 0 unspecified atom stereocenters. The van der Waals surface area contributed by atoms with Gasteiger partial charge in [0, 0.05) is 18.8 Å². The number of rotatable bonds is 4. The Kier molecular flexibility index (Phi) is 5.33. The summed E-state index contributed by atoms with van der Waals surface area (Å²) in [6.45, 7) is 1.13. The average molecular weight is 364 g/mol. The van der Waals surface area contributed by atoms with Gasteiger partial charge in [-0.3, -0.25) is 4.79 Å². The Hall–Kier alpha value is -1.70. The lowest BCUT2D eigenvalue weighted by molar-refractivity contribution is 0.103. The van der Waals surface area contributed by atoms with Gasteiger partial charge < -0.3 is 5.32 Å². The zero-order valence-corrected chi connectivity index (χ0v) is 14.9. The van der Waals surface area contributed by atoms with Crippen LogP contribution in [0.5, 0.6) is 0 Å². The molecule has 1 aromatic carbocycles. The molecule has 2 heterocycles. The van der Waals surface area contributed by atoms with Gasteiger partial charge in [0.15, 0.2) is 0 Å². The Morgan fingerprint density at radius 3 is 2.46 bits per heavy atom. The molecule has 5 nitrogen and oxygen atoms in total. The monoisotopic (exact) mass is 364 g/mol. The molecule has 1 aliphatic heterocycles. The van der Waals surface area contributed by atoms with Crippen molar-refractivity contribution in [1.82, 2.24) is 4.31 Å². The highest BCUT2D eigenvalue weighted by atomic mass is 32.2. The van der Waals surface area contributed by atoms with Crippen LogP contribution in [0.25, 0.3) is 0 Å². The van der Waals surface area contributed by atoms with Gasteiger partial charge in [-0.2, -0.15) is 4.31 Å². The number of sulfonamides is 1. The molecular weight excluding hydrogens is 344 g/mol. The third-order valence-corrected chi connectivity index (χ3v) is 6.80. The summed E-state index contributed by atoms with van der Waals surface area (Å²) < 4.78 is 27.2. The van der Waals surface area contributed by atoms with Crippen molar-refractivity contribution in [2.45, 2.75) is 30.6 Å². The summed E-state index contributed by atoms with van der Waals surface area (Å²) in [4.78, 5) is 12.9. The number of thiophene rings is 1. The standard InChI is InChI=1S/C17H20N2O3S2/c20-17(16-9-6-12-23-16)18-14-7-5-8-15(13-14)24(21,22)19-10-3-1-2-4-11-19/h5-9,12-13H,1-4,10-11H2,(H,18,20). The predicted molar refractivity (Wildman–Crippen MR) is 95.9 cm³/mol. The molecule has 0 saturated carbocycles. The van der Waals surface area contributed by atoms with Gasteiger partial charge in [0.1, 0.15) is 0 Å². The van der Waals surface area contributed by atoms with Crippen LogP contribution in [-0.4, -0.2) is 31.7 Å². The highest BCUT2D eigenvalue weighted by Crippen LogP contribution is 2.23. The van der Waals surface area contributed by atoms with Crippen LogP contribution >= 0.6 is 11.3 Å². The SMILES string of the molecule is O=C(Nc1cccc(S(=O)(=O)N2CCCCCC2)c1)c1cccs1. The van der Waals surface area contributed by atoms with Gasteiger partial charge in [-0.25, -0.2) is 8.42 Å². The van der Waals surface area contributed by atoms with E-state index in [0.717, 1.165) is 25.7 Å². The summed E-state index contributed by atoms with van der Waals surface area (Å²) in [5.74, 6) is -0.227. The fraction of sp³-hybridized carbons (Fsp3) is 0.353. The van der Waals surface area contributed by atoms with Crippen molar-refractivity contribution in [1.29, 1.82) is 0 Å². The minimum absolute atomic E-state index is 0.227. The van der Waals surface area contributed by atoms with E-state index < -0.39 is 10.0 Å². The number of amides is 1. The first-order valence-electron chi connectivity index (χ1n) is 8.02. The molecule has 1 fully saturated rings. The van der Waals surface area contributed by atoms with Gasteiger partial charge in [-0.05, 0) is 42.5 Å². The Bertz CT molecular complexity index is 793. The second kappa shape index (κ2) is 7.46. The summed E-state index contributed by atoms with van der Waals surface area (Å²) in [6.07, 6.45) is 3.94. The Labute approximate surface area is 146 Å². The second-order valence-electron chi connectivity index (χ2n) is 5.78. The number of benzene rings is 1. The minimum Gasteiger partial charge on any atom is -0.321 e. The molecule has 1 saturated heterocycles. The van der Waals surface area contributed by atoms with Gasteiger partial charge in [0.05, 0.1) is 9.77 Å². The first-order valence-corrected chi connectivity index (χ1v) is 10.3. The van der Waals surface area contributed by atoms with Crippen molar-refractivity contribution in [3.8, 4) is 0 Å². The number of anilines is 1. The van der Waals surface area contributed by atoms with Crippen molar-refractivity contribution >= 4 is 33.0 Å². The molecule has 3 rings (SSSR count). The van der Waals surface area contributed by atoms with Crippen molar-refractivity contribution in [2.24, 2.45) is 0 Å². The third-order valence-electron chi connectivity index (χ3n) is 4.04. The molecule has 0 spiro atoms. The van der Waals surface area contributed by atoms with Crippen LogP contribution in [0.1, 0.15) is 35.4 Å². The van der Waals surface area contributed by atoms with Crippen LogP contribution < -0.4 is 5.32 Å². The van der Waals surface area contributed by atoms with E-state index in [-0.39, 0.29) is 10.8 Å². The average Bonchev–Trinajstić information content (AvgIpc) is 2.97. The maximum Gasteiger partial charge on any atom is 0.265 e. The van der Waals surface area contributed by atoms with Crippen molar-refractivity contribution in [2.75, 3.05) is 18.4 Å². The summed E-state index contributed by atoms with van der Waals surface area (Å²) >= 11 is 1.35. The number of carbonyl (C=O) groups is 1. The molecule has 0 radical (unpaired) electrons. The predicted octanol–water partition coefficient (Wildman–Crippen LogP) is 3.57. The van der Waals surface area contributed by atoms with Crippen LogP contribution in [0.3, 0.4) is 0 Å². The fourth-order valence-electron chi connectivity index (χ4n) is 2.77. The fourth-order valence-corrected chi connectivity index (χ4v) is 4.95. The van der Waals surface area contributed by atoms with E-state index >= 15 is 0 Å². The molecular formula is C17H20N2O3S2. The zero-order valence-electron chi connectivity index (χ0n) is 13.3. The van der Waals surface area contributed by atoms with Gasteiger partial charge in [0.2, 0.25) is 10.0 Å². The molecule has 1 amide bonds. The van der Waals surface area contributed by atoms with E-state index in [1.54, 1.807) is 34.6 Å². The summed E-state index contributed by atoms with van der Waals surface area (Å²) in [6, 6.07) is 10.0. The third kappa shape index (κ3) is 3.85. The van der Waals surface area contributed by atoms with Gasteiger partial charge in [-0.1, -0.05) is 25.0 Å². The molecule has 1 aromatic heterocycles. The number of carbonyl (C=O) groups excluding carboxylic acids is 1. The van der Waals surface area contributed by atoms with E-state index in [1.165, 1.54) is 17.4 Å². The van der Waals surface area contributed by atoms with Crippen LogP contribution in [-0.2, 0) is 10.0 Å².